The number of aromatic nitrogens is 2. The summed E-state index contributed by atoms with van der Waals surface area (Å²) in [6.07, 6.45) is 4.96. The average Bonchev–Trinajstić information content (AvgIpc) is 2.29. The van der Waals surface area contributed by atoms with Gasteiger partial charge in [0.1, 0.15) is 11.5 Å². The lowest BCUT2D eigenvalue weighted by Crippen LogP contribution is -1.89. The summed E-state index contributed by atoms with van der Waals surface area (Å²) >= 11 is 3.32. The third-order valence-corrected chi connectivity index (χ3v) is 2.26. The van der Waals surface area contributed by atoms with E-state index in [1.54, 1.807) is 37.8 Å². The molecule has 0 saturated carbocycles. The van der Waals surface area contributed by atoms with Crippen molar-refractivity contribution in [2.24, 2.45) is 0 Å². The molecule has 0 aliphatic heterocycles. The topological polar surface area (TPSA) is 44.2 Å². The smallest absolute Gasteiger partial charge is 0.216 e. The predicted molar refractivity (Wildman–Crippen MR) is 62.8 cm³/mol. The highest BCUT2D eigenvalue weighted by molar-refractivity contribution is 9.10. The zero-order valence-corrected chi connectivity index (χ0v) is 10.1. The number of methoxy groups -OCH3 is 1. The Balaban J connectivity index is 2.20. The molecule has 0 saturated heterocycles. The van der Waals surface area contributed by atoms with Gasteiger partial charge in [-0.15, -0.1) is 0 Å². The van der Waals surface area contributed by atoms with Crippen LogP contribution in [-0.2, 0) is 0 Å². The third-order valence-electron chi connectivity index (χ3n) is 1.83. The fourth-order valence-electron chi connectivity index (χ4n) is 1.15. The lowest BCUT2D eigenvalue weighted by atomic mass is 10.4. The zero-order valence-electron chi connectivity index (χ0n) is 8.55. The zero-order chi connectivity index (χ0) is 11.4. The van der Waals surface area contributed by atoms with Crippen LogP contribution in [0.3, 0.4) is 0 Å². The fourth-order valence-corrected chi connectivity index (χ4v) is 1.49. The molecule has 5 heteroatoms. The van der Waals surface area contributed by atoms with E-state index >= 15 is 0 Å². The number of halogens is 1. The van der Waals surface area contributed by atoms with Gasteiger partial charge in [-0.05, 0) is 28.1 Å². The Hall–Kier alpha value is -1.62. The molecule has 0 fully saturated rings. The third kappa shape index (κ3) is 2.70. The maximum atomic E-state index is 5.59. The average molecular weight is 281 g/mol. The minimum atomic E-state index is 0.514. The quantitative estimate of drug-likeness (QED) is 0.867. The summed E-state index contributed by atoms with van der Waals surface area (Å²) in [6.45, 7) is 0. The molecule has 0 amide bonds. The van der Waals surface area contributed by atoms with E-state index < -0.39 is 0 Å². The van der Waals surface area contributed by atoms with Gasteiger partial charge in [-0.25, -0.2) is 4.98 Å². The number of ether oxygens (including phenoxy) is 2. The second kappa shape index (κ2) is 4.94. The highest BCUT2D eigenvalue weighted by atomic mass is 79.9. The normalized spacial score (nSPS) is 9.88. The minimum absolute atomic E-state index is 0.514. The SMILES string of the molecule is COc1cc(Oc2cncc(Br)c2)ccn1. The number of hydrogen-bond donors (Lipinski definition) is 0. The molecule has 2 rings (SSSR count). The molecule has 0 aromatic carbocycles. The van der Waals surface area contributed by atoms with Crippen molar-refractivity contribution in [1.82, 2.24) is 9.97 Å². The van der Waals surface area contributed by atoms with E-state index in [9.17, 15) is 0 Å². The highest BCUT2D eigenvalue weighted by Gasteiger charge is 2.00. The van der Waals surface area contributed by atoms with Gasteiger partial charge in [0.25, 0.3) is 0 Å². The van der Waals surface area contributed by atoms with Gasteiger partial charge < -0.3 is 9.47 Å². The molecule has 0 radical (unpaired) electrons. The first-order valence-corrected chi connectivity index (χ1v) is 5.35. The van der Waals surface area contributed by atoms with Crippen LogP contribution in [0, 0.1) is 0 Å². The van der Waals surface area contributed by atoms with Crippen molar-refractivity contribution in [1.29, 1.82) is 0 Å². The molecule has 2 aromatic heterocycles. The van der Waals surface area contributed by atoms with E-state index in [4.69, 9.17) is 9.47 Å². The largest absolute Gasteiger partial charge is 0.481 e. The van der Waals surface area contributed by atoms with E-state index in [0.29, 0.717) is 17.4 Å². The predicted octanol–water partition coefficient (Wildman–Crippen LogP) is 3.04. The monoisotopic (exact) mass is 280 g/mol. The fraction of sp³-hybridized carbons (Fsp3) is 0.0909. The van der Waals surface area contributed by atoms with Crippen LogP contribution in [0.15, 0.2) is 41.3 Å². The summed E-state index contributed by atoms with van der Waals surface area (Å²) in [4.78, 5) is 7.99. The maximum absolute atomic E-state index is 5.59. The van der Waals surface area contributed by atoms with Crippen molar-refractivity contribution in [3.05, 3.63) is 41.3 Å². The Kier molecular flexibility index (Phi) is 3.36. The molecule has 0 bridgehead atoms. The summed E-state index contributed by atoms with van der Waals surface area (Å²) in [5.74, 6) is 1.83. The number of pyridine rings is 2. The molecule has 0 aliphatic rings. The van der Waals surface area contributed by atoms with E-state index in [1.807, 2.05) is 6.07 Å². The first-order valence-electron chi connectivity index (χ1n) is 4.56. The maximum Gasteiger partial charge on any atom is 0.216 e. The van der Waals surface area contributed by atoms with E-state index in [0.717, 1.165) is 4.47 Å². The van der Waals surface area contributed by atoms with Crippen LogP contribution in [0.4, 0.5) is 0 Å². The van der Waals surface area contributed by atoms with E-state index in [-0.39, 0.29) is 0 Å². The molecule has 0 N–H and O–H groups in total. The van der Waals surface area contributed by atoms with Crippen LogP contribution in [0.1, 0.15) is 0 Å². The lowest BCUT2D eigenvalue weighted by Gasteiger charge is -2.06. The highest BCUT2D eigenvalue weighted by Crippen LogP contribution is 2.24. The number of nitrogens with zero attached hydrogens (tertiary/aromatic N) is 2. The second-order valence-corrected chi connectivity index (χ2v) is 3.89. The van der Waals surface area contributed by atoms with Crippen molar-refractivity contribution in [3.8, 4) is 17.4 Å². The molecule has 4 nitrogen and oxygen atoms in total. The van der Waals surface area contributed by atoms with Crippen molar-refractivity contribution in [2.75, 3.05) is 7.11 Å². The minimum Gasteiger partial charge on any atom is -0.481 e. The Morgan fingerprint density at radius 1 is 1.19 bits per heavy atom. The molecule has 16 heavy (non-hydrogen) atoms. The van der Waals surface area contributed by atoms with Gasteiger partial charge in [0.05, 0.1) is 13.3 Å². The molecule has 0 unspecified atom stereocenters. The molecule has 2 aromatic rings. The van der Waals surface area contributed by atoms with Gasteiger partial charge >= 0.3 is 0 Å². The van der Waals surface area contributed by atoms with Crippen LogP contribution >= 0.6 is 15.9 Å². The summed E-state index contributed by atoms with van der Waals surface area (Å²) in [5.41, 5.74) is 0. The van der Waals surface area contributed by atoms with Gasteiger partial charge in [0, 0.05) is 22.9 Å². The molecule has 0 atom stereocenters. The number of rotatable bonds is 3. The van der Waals surface area contributed by atoms with Crippen molar-refractivity contribution in [3.63, 3.8) is 0 Å². The van der Waals surface area contributed by atoms with Gasteiger partial charge in [-0.1, -0.05) is 0 Å². The van der Waals surface area contributed by atoms with Crippen LogP contribution in [0.2, 0.25) is 0 Å². The van der Waals surface area contributed by atoms with E-state index in [1.165, 1.54) is 0 Å². The Morgan fingerprint density at radius 3 is 2.81 bits per heavy atom. The van der Waals surface area contributed by atoms with E-state index in [2.05, 4.69) is 25.9 Å². The Morgan fingerprint density at radius 2 is 2.06 bits per heavy atom. The molecule has 0 aliphatic carbocycles. The second-order valence-electron chi connectivity index (χ2n) is 2.97. The van der Waals surface area contributed by atoms with Gasteiger partial charge in [0.2, 0.25) is 5.88 Å². The van der Waals surface area contributed by atoms with Crippen LogP contribution < -0.4 is 9.47 Å². The van der Waals surface area contributed by atoms with Gasteiger partial charge in [-0.3, -0.25) is 4.98 Å². The Bertz CT molecular complexity index is 491. The molecular weight excluding hydrogens is 272 g/mol. The summed E-state index contributed by atoms with van der Waals surface area (Å²) < 4.78 is 11.5. The van der Waals surface area contributed by atoms with Crippen molar-refractivity contribution >= 4 is 15.9 Å². The standard InChI is InChI=1S/C11H9BrN2O2/c1-15-11-5-9(2-3-14-11)16-10-4-8(12)6-13-7-10/h2-7H,1H3. The first-order chi connectivity index (χ1) is 7.78. The van der Waals surface area contributed by atoms with Crippen LogP contribution in [0.25, 0.3) is 0 Å². The van der Waals surface area contributed by atoms with Crippen LogP contribution in [0.5, 0.6) is 17.4 Å². The van der Waals surface area contributed by atoms with Gasteiger partial charge in [0.15, 0.2) is 0 Å². The summed E-state index contributed by atoms with van der Waals surface area (Å²) in [6, 6.07) is 5.30. The lowest BCUT2D eigenvalue weighted by molar-refractivity contribution is 0.392. The number of hydrogen-bond acceptors (Lipinski definition) is 4. The molecule has 2 heterocycles. The Labute approximate surface area is 101 Å². The van der Waals surface area contributed by atoms with Crippen molar-refractivity contribution < 1.29 is 9.47 Å². The van der Waals surface area contributed by atoms with Crippen LogP contribution in [-0.4, -0.2) is 17.1 Å². The van der Waals surface area contributed by atoms with Gasteiger partial charge in [-0.2, -0.15) is 0 Å². The molecule has 82 valence electrons. The summed E-state index contributed by atoms with van der Waals surface area (Å²) in [7, 11) is 1.56. The van der Waals surface area contributed by atoms with Crippen molar-refractivity contribution in [2.45, 2.75) is 0 Å². The molecular formula is C11H9BrN2O2. The molecule has 0 spiro atoms. The first kappa shape index (κ1) is 10.9. The summed E-state index contributed by atoms with van der Waals surface area (Å²) in [5, 5.41) is 0.